The van der Waals surface area contributed by atoms with Gasteiger partial charge in [-0.15, -0.1) is 0 Å². The van der Waals surface area contributed by atoms with E-state index in [9.17, 15) is 0 Å². The Labute approximate surface area is 97.0 Å². The third-order valence-electron chi connectivity index (χ3n) is 3.80. The third-order valence-corrected chi connectivity index (χ3v) is 3.80. The number of nitrogens with one attached hydrogen (secondary N) is 1. The summed E-state index contributed by atoms with van der Waals surface area (Å²) < 4.78 is 5.81. The van der Waals surface area contributed by atoms with Crippen LogP contribution in [0.3, 0.4) is 0 Å². The molecule has 2 aliphatic rings. The first-order valence-corrected chi connectivity index (χ1v) is 6.25. The number of ether oxygens (including phenoxy) is 1. The van der Waals surface area contributed by atoms with Gasteiger partial charge in [0.05, 0.1) is 6.61 Å². The summed E-state index contributed by atoms with van der Waals surface area (Å²) in [7, 11) is 2.05. The van der Waals surface area contributed by atoms with Crippen LogP contribution in [0.1, 0.15) is 31.2 Å². The van der Waals surface area contributed by atoms with Crippen molar-refractivity contribution >= 4 is 0 Å². The van der Waals surface area contributed by atoms with E-state index < -0.39 is 0 Å². The van der Waals surface area contributed by atoms with Crippen LogP contribution in [0.2, 0.25) is 0 Å². The van der Waals surface area contributed by atoms with Crippen molar-refractivity contribution in [1.82, 2.24) is 5.32 Å². The van der Waals surface area contributed by atoms with Gasteiger partial charge >= 0.3 is 0 Å². The van der Waals surface area contributed by atoms with Crippen LogP contribution < -0.4 is 10.1 Å². The zero-order valence-corrected chi connectivity index (χ0v) is 9.83. The van der Waals surface area contributed by atoms with Gasteiger partial charge < -0.3 is 10.1 Å². The van der Waals surface area contributed by atoms with E-state index in [4.69, 9.17) is 4.74 Å². The molecule has 0 aliphatic heterocycles. The third kappa shape index (κ3) is 1.94. The van der Waals surface area contributed by atoms with Gasteiger partial charge in [-0.1, -0.05) is 12.1 Å². The highest BCUT2D eigenvalue weighted by atomic mass is 16.5. The first-order chi connectivity index (χ1) is 7.82. The van der Waals surface area contributed by atoms with Crippen LogP contribution in [-0.4, -0.2) is 13.7 Å². The van der Waals surface area contributed by atoms with Gasteiger partial charge in [0.1, 0.15) is 5.75 Å². The van der Waals surface area contributed by atoms with E-state index in [1.165, 1.54) is 31.2 Å². The molecule has 0 aromatic heterocycles. The molecule has 16 heavy (non-hydrogen) atoms. The molecule has 2 saturated carbocycles. The molecule has 1 aromatic rings. The molecule has 0 spiro atoms. The van der Waals surface area contributed by atoms with Gasteiger partial charge in [-0.2, -0.15) is 0 Å². The SMILES string of the molecule is CNC1(c2cccc(OCC3CC3)c2)CC1. The summed E-state index contributed by atoms with van der Waals surface area (Å²) in [5.41, 5.74) is 1.63. The Kier molecular flexibility index (Phi) is 2.40. The smallest absolute Gasteiger partial charge is 0.119 e. The number of rotatable bonds is 5. The topological polar surface area (TPSA) is 21.3 Å². The fourth-order valence-electron chi connectivity index (χ4n) is 2.19. The highest BCUT2D eigenvalue weighted by Gasteiger charge is 2.42. The van der Waals surface area contributed by atoms with Crippen LogP contribution in [-0.2, 0) is 5.54 Å². The molecular weight excluding hydrogens is 198 g/mol. The Morgan fingerprint density at radius 1 is 1.38 bits per heavy atom. The van der Waals surface area contributed by atoms with Crippen LogP contribution in [0, 0.1) is 5.92 Å². The molecule has 86 valence electrons. The lowest BCUT2D eigenvalue weighted by molar-refractivity contribution is 0.299. The van der Waals surface area contributed by atoms with E-state index in [-0.39, 0.29) is 5.54 Å². The maximum absolute atomic E-state index is 5.81. The van der Waals surface area contributed by atoms with E-state index in [1.54, 1.807) is 0 Å². The van der Waals surface area contributed by atoms with Crippen molar-refractivity contribution in [2.45, 2.75) is 31.2 Å². The molecule has 0 radical (unpaired) electrons. The highest BCUT2D eigenvalue weighted by Crippen LogP contribution is 2.45. The molecule has 2 aliphatic carbocycles. The van der Waals surface area contributed by atoms with E-state index in [0.29, 0.717) is 0 Å². The molecule has 1 aromatic carbocycles. The van der Waals surface area contributed by atoms with E-state index >= 15 is 0 Å². The lowest BCUT2D eigenvalue weighted by Crippen LogP contribution is -2.24. The predicted molar refractivity (Wildman–Crippen MR) is 64.6 cm³/mol. The van der Waals surface area contributed by atoms with Crippen LogP contribution in [0.25, 0.3) is 0 Å². The summed E-state index contributed by atoms with van der Waals surface area (Å²) in [4.78, 5) is 0. The Balaban J connectivity index is 1.71. The second-order valence-electron chi connectivity index (χ2n) is 5.11. The second kappa shape index (κ2) is 3.77. The van der Waals surface area contributed by atoms with Crippen LogP contribution in [0.15, 0.2) is 24.3 Å². The van der Waals surface area contributed by atoms with Crippen molar-refractivity contribution in [3.05, 3.63) is 29.8 Å². The maximum Gasteiger partial charge on any atom is 0.119 e. The molecule has 0 atom stereocenters. The van der Waals surface area contributed by atoms with Gasteiger partial charge in [-0.05, 0) is 56.3 Å². The van der Waals surface area contributed by atoms with Gasteiger partial charge in [-0.25, -0.2) is 0 Å². The monoisotopic (exact) mass is 217 g/mol. The largest absolute Gasteiger partial charge is 0.493 e. The zero-order valence-electron chi connectivity index (χ0n) is 9.83. The molecule has 3 rings (SSSR count). The summed E-state index contributed by atoms with van der Waals surface area (Å²) in [5, 5.41) is 3.42. The summed E-state index contributed by atoms with van der Waals surface area (Å²) >= 11 is 0. The Morgan fingerprint density at radius 3 is 2.81 bits per heavy atom. The maximum atomic E-state index is 5.81. The fourth-order valence-corrected chi connectivity index (χ4v) is 2.19. The predicted octanol–water partition coefficient (Wildman–Crippen LogP) is 2.68. The van der Waals surface area contributed by atoms with Crippen molar-refractivity contribution in [2.75, 3.05) is 13.7 Å². The van der Waals surface area contributed by atoms with Crippen molar-refractivity contribution in [3.63, 3.8) is 0 Å². The molecule has 0 bridgehead atoms. The Hall–Kier alpha value is -1.02. The van der Waals surface area contributed by atoms with Gasteiger partial charge in [0.25, 0.3) is 0 Å². The average molecular weight is 217 g/mol. The fraction of sp³-hybridized carbons (Fsp3) is 0.571. The summed E-state index contributed by atoms with van der Waals surface area (Å²) in [6.07, 6.45) is 5.19. The molecule has 0 heterocycles. The molecule has 0 unspecified atom stereocenters. The van der Waals surface area contributed by atoms with Gasteiger partial charge in [0, 0.05) is 5.54 Å². The first-order valence-electron chi connectivity index (χ1n) is 6.25. The standard InChI is InChI=1S/C14H19NO/c1-15-14(7-8-14)12-3-2-4-13(9-12)16-10-11-5-6-11/h2-4,9,11,15H,5-8,10H2,1H3. The minimum absolute atomic E-state index is 0.249. The van der Waals surface area contributed by atoms with Crippen LogP contribution >= 0.6 is 0 Å². The van der Waals surface area contributed by atoms with Crippen molar-refractivity contribution < 1.29 is 4.74 Å². The normalized spacial score (nSPS) is 21.8. The Bertz CT molecular complexity index is 380. The minimum atomic E-state index is 0.249. The zero-order chi connectivity index (χ0) is 11.0. The highest BCUT2D eigenvalue weighted by molar-refractivity contribution is 5.36. The van der Waals surface area contributed by atoms with E-state index in [1.807, 2.05) is 7.05 Å². The Morgan fingerprint density at radius 2 is 2.19 bits per heavy atom. The summed E-state index contributed by atoms with van der Waals surface area (Å²) in [6.45, 7) is 0.899. The second-order valence-corrected chi connectivity index (χ2v) is 5.11. The number of hydrogen-bond acceptors (Lipinski definition) is 2. The van der Waals surface area contributed by atoms with Crippen molar-refractivity contribution in [1.29, 1.82) is 0 Å². The van der Waals surface area contributed by atoms with Crippen LogP contribution in [0.5, 0.6) is 5.75 Å². The minimum Gasteiger partial charge on any atom is -0.493 e. The molecule has 2 heteroatoms. The lowest BCUT2D eigenvalue weighted by Gasteiger charge is -2.15. The molecule has 1 N–H and O–H groups in total. The molecule has 2 nitrogen and oxygen atoms in total. The molecule has 2 fully saturated rings. The lowest BCUT2D eigenvalue weighted by atomic mass is 10.1. The molecule has 0 saturated heterocycles. The van der Waals surface area contributed by atoms with E-state index in [0.717, 1.165) is 18.3 Å². The van der Waals surface area contributed by atoms with Gasteiger partial charge in [-0.3, -0.25) is 0 Å². The van der Waals surface area contributed by atoms with Crippen LogP contribution in [0.4, 0.5) is 0 Å². The van der Waals surface area contributed by atoms with E-state index in [2.05, 4.69) is 29.6 Å². The summed E-state index contributed by atoms with van der Waals surface area (Å²) in [6, 6.07) is 8.58. The summed E-state index contributed by atoms with van der Waals surface area (Å²) in [5.74, 6) is 1.86. The van der Waals surface area contributed by atoms with Crippen molar-refractivity contribution in [3.8, 4) is 5.75 Å². The van der Waals surface area contributed by atoms with Gasteiger partial charge in [0.2, 0.25) is 0 Å². The van der Waals surface area contributed by atoms with Gasteiger partial charge in [0.15, 0.2) is 0 Å². The number of hydrogen-bond donors (Lipinski definition) is 1. The molecule has 0 amide bonds. The average Bonchev–Trinajstić information content (AvgIpc) is 3.20. The quantitative estimate of drug-likeness (QED) is 0.818. The molecular formula is C14H19NO. The number of benzene rings is 1. The van der Waals surface area contributed by atoms with Crippen molar-refractivity contribution in [2.24, 2.45) is 5.92 Å². The first kappa shape index (κ1) is 10.2.